The Labute approximate surface area is 816 Å². The van der Waals surface area contributed by atoms with E-state index in [1.807, 2.05) is 160 Å². The molecule has 17 nitrogen and oxygen atoms in total. The van der Waals surface area contributed by atoms with Crippen molar-refractivity contribution in [2.75, 3.05) is 91.8 Å². The minimum absolute atomic E-state index is 0.272. The summed E-state index contributed by atoms with van der Waals surface area (Å²) in [7, 11) is 0. The fourth-order valence-electron chi connectivity index (χ4n) is 14.4. The molecule has 12 rings (SSSR count). The van der Waals surface area contributed by atoms with Gasteiger partial charge >= 0.3 is 0 Å². The van der Waals surface area contributed by atoms with Crippen LogP contribution in [0.2, 0.25) is 0 Å². The van der Waals surface area contributed by atoms with Gasteiger partial charge in [-0.25, -0.2) is 0 Å². The van der Waals surface area contributed by atoms with E-state index in [1.165, 1.54) is 60.1 Å². The SMILES string of the molecule is CC(C)CC(=O)N1CCCC1.CC(C)CC(=O)N1CCNCC1.CC(C)CC(=O)N1CCNCC1.CC(C)CC(=O)N1CCOCC1.CC(C)CC(O)c1ccccc1.CC(C)CCc1ccccc1.CC(C)C[C@@H](O)c1ccccc1.CC(C)C[C@H](O)c1ccccc1.CC(C)Cc1ccccc1.CC(C)Cc1ccccn1.CC(C)Cc1cccnc1.CC(C)Cc1ccncc1. The van der Waals surface area contributed by atoms with Crippen molar-refractivity contribution in [2.45, 2.75) is 281 Å². The average molecular weight is 1850 g/mol. The number of morpholine rings is 1. The molecule has 134 heavy (non-hydrogen) atoms. The maximum atomic E-state index is 11.5. The van der Waals surface area contributed by atoms with Crippen molar-refractivity contribution < 1.29 is 39.2 Å². The van der Waals surface area contributed by atoms with Crippen LogP contribution in [0.4, 0.5) is 0 Å². The van der Waals surface area contributed by atoms with E-state index in [-0.39, 0.29) is 24.2 Å². The van der Waals surface area contributed by atoms with Gasteiger partial charge in [0.05, 0.1) is 31.5 Å². The summed E-state index contributed by atoms with van der Waals surface area (Å²) in [5.41, 5.74) is 9.86. The molecule has 0 radical (unpaired) electrons. The molecule has 4 saturated heterocycles. The number of aromatic nitrogens is 3. The number of hydrogen-bond acceptors (Lipinski definition) is 13. The third-order valence-corrected chi connectivity index (χ3v) is 21.2. The number of nitrogens with zero attached hydrogens (tertiary/aromatic N) is 7. The molecule has 4 aliphatic heterocycles. The number of nitrogens with one attached hydrogen (secondary N) is 2. The topological polar surface area (TPSA) is 214 Å². The summed E-state index contributed by atoms with van der Waals surface area (Å²) in [6.45, 7) is 63.9. The van der Waals surface area contributed by atoms with Crippen molar-refractivity contribution in [1.29, 1.82) is 0 Å². The third-order valence-electron chi connectivity index (χ3n) is 21.2. The Bertz CT molecular complexity index is 3640. The molecular formula is C117H187N9O8. The minimum Gasteiger partial charge on any atom is -0.388 e. The Morgan fingerprint density at radius 3 is 0.910 bits per heavy atom. The quantitative estimate of drug-likeness (QED) is 0.0309. The number of rotatable bonds is 28. The molecule has 4 amide bonds. The van der Waals surface area contributed by atoms with E-state index >= 15 is 0 Å². The van der Waals surface area contributed by atoms with Crippen molar-refractivity contribution in [1.82, 2.24) is 45.2 Å². The first-order valence-electron chi connectivity index (χ1n) is 50.9. The van der Waals surface area contributed by atoms with E-state index in [9.17, 15) is 34.5 Å². The third kappa shape index (κ3) is 69.1. The molecule has 5 aromatic carbocycles. The standard InChI is InChI=1S/3C11H16O.C11H16.C10H14.2C9H18N2O.C9H17NO2.C9H17NO.3C9H13N/c3*1-9(2)8-11(12)10-6-4-3-5-7-10;1-10(2)8-9-11-6-4-3-5-7-11;1-9(2)8-10-6-4-3-5-7-10;2*1-8(2)7-9(12)11-5-3-10-4-6-11;1-8(2)7-9(11)10-3-5-12-6-4-10;1-8(2)7-9(11)10-5-3-4-6-10;1-8(2)7-9-3-5-10-6-4-9;1-8(2)6-9-4-3-5-10-7-9;1-8(2)7-9-5-3-4-6-10-9/h3*3-7,9,11-12H,8H2,1-2H3;3-7,10H,8-9H2,1-2H3;3-7,9H,8H2,1-2H3;2*8,10H,3-7H2,1-2H3;8H,3-7H2,1-2H3;8H,3-7H2,1-2H3;3-6,8H,7H2,1-2H3;3-5,7-8H,6H2,1-2H3;3-6,8H,7H2,1-2H3/t2*11-;;;;;;;;;;/m10........../s1. The maximum Gasteiger partial charge on any atom is 0.222 e. The van der Waals surface area contributed by atoms with Crippen LogP contribution in [0.1, 0.15) is 293 Å². The van der Waals surface area contributed by atoms with Gasteiger partial charge in [0.15, 0.2) is 0 Å². The van der Waals surface area contributed by atoms with Gasteiger partial charge in [0.2, 0.25) is 23.6 Å². The van der Waals surface area contributed by atoms with Gasteiger partial charge in [0.1, 0.15) is 0 Å². The van der Waals surface area contributed by atoms with Gasteiger partial charge in [0.25, 0.3) is 0 Å². The first-order valence-corrected chi connectivity index (χ1v) is 50.9. The first-order chi connectivity index (χ1) is 63.8. The predicted octanol–water partition coefficient (Wildman–Crippen LogP) is 24.8. The van der Waals surface area contributed by atoms with Gasteiger partial charge in [-0.3, -0.25) is 34.1 Å². The number of benzene rings is 5. The number of ether oxygens (including phenoxy) is 1. The van der Waals surface area contributed by atoms with Crippen LogP contribution in [-0.2, 0) is 56.0 Å². The lowest BCUT2D eigenvalue weighted by Gasteiger charge is -2.28. The van der Waals surface area contributed by atoms with Crippen molar-refractivity contribution in [3.8, 4) is 0 Å². The molecule has 748 valence electrons. The van der Waals surface area contributed by atoms with Gasteiger partial charge in [-0.15, -0.1) is 0 Å². The molecule has 8 aromatic rings. The highest BCUT2D eigenvalue weighted by atomic mass is 16.5. The lowest BCUT2D eigenvalue weighted by molar-refractivity contribution is -0.136. The molecule has 1 unspecified atom stereocenters. The van der Waals surface area contributed by atoms with Crippen molar-refractivity contribution >= 4 is 23.6 Å². The van der Waals surface area contributed by atoms with Crippen LogP contribution in [0.15, 0.2) is 225 Å². The molecule has 0 saturated carbocycles. The van der Waals surface area contributed by atoms with Crippen LogP contribution in [0.3, 0.4) is 0 Å². The normalized spacial score (nSPS) is 13.9. The zero-order chi connectivity index (χ0) is 99.8. The number of aliphatic hydroxyl groups is 3. The van der Waals surface area contributed by atoms with Crippen molar-refractivity contribution in [3.63, 3.8) is 0 Å². The minimum atomic E-state index is -0.300. The van der Waals surface area contributed by atoms with Crippen LogP contribution >= 0.6 is 0 Å². The summed E-state index contributed by atoms with van der Waals surface area (Å²) in [6.07, 6.45) is 23.1. The Morgan fingerprint density at radius 2 is 0.604 bits per heavy atom. The summed E-state index contributed by atoms with van der Waals surface area (Å²) in [4.78, 5) is 65.9. The fraction of sp³-hybridized carbons (Fsp3) is 0.581. The molecule has 0 bridgehead atoms. The van der Waals surface area contributed by atoms with Crippen LogP contribution in [-0.4, -0.2) is 165 Å². The zero-order valence-electron chi connectivity index (χ0n) is 88.0. The number of likely N-dealkylation sites (tertiary alicyclic amines) is 1. The van der Waals surface area contributed by atoms with Gasteiger partial charge < -0.3 is 50.3 Å². The second-order valence-corrected chi connectivity index (χ2v) is 40.7. The Morgan fingerprint density at radius 1 is 0.299 bits per heavy atom. The largest absolute Gasteiger partial charge is 0.388 e. The lowest BCUT2D eigenvalue weighted by atomic mass is 10.00. The van der Waals surface area contributed by atoms with E-state index in [0.29, 0.717) is 97.5 Å². The van der Waals surface area contributed by atoms with Crippen LogP contribution < -0.4 is 10.6 Å². The maximum absolute atomic E-state index is 11.5. The fourth-order valence-corrected chi connectivity index (χ4v) is 14.4. The molecule has 0 spiro atoms. The number of pyridine rings is 3. The van der Waals surface area contributed by atoms with E-state index in [0.717, 1.165) is 164 Å². The average Bonchev–Trinajstić information content (AvgIpc) is 1.83. The number of piperazine rings is 2. The van der Waals surface area contributed by atoms with Crippen LogP contribution in [0.25, 0.3) is 0 Å². The van der Waals surface area contributed by atoms with E-state index < -0.39 is 0 Å². The second-order valence-electron chi connectivity index (χ2n) is 40.7. The predicted molar refractivity (Wildman–Crippen MR) is 565 cm³/mol. The van der Waals surface area contributed by atoms with Gasteiger partial charge in [-0.05, 0) is 211 Å². The van der Waals surface area contributed by atoms with E-state index in [4.69, 9.17) is 4.74 Å². The first kappa shape index (κ1) is 123. The van der Waals surface area contributed by atoms with Crippen molar-refractivity contribution in [3.05, 3.63) is 270 Å². The van der Waals surface area contributed by atoms with Gasteiger partial charge in [0, 0.05) is 141 Å². The number of aryl methyl sites for hydroxylation is 1. The van der Waals surface area contributed by atoms with Crippen molar-refractivity contribution in [2.24, 2.45) is 71.0 Å². The zero-order valence-corrected chi connectivity index (χ0v) is 88.0. The number of hydrogen-bond donors (Lipinski definition) is 5. The van der Waals surface area contributed by atoms with Crippen LogP contribution in [0, 0.1) is 71.0 Å². The molecule has 0 aliphatic carbocycles. The summed E-state index contributed by atoms with van der Waals surface area (Å²) in [5.74, 6) is 8.53. The van der Waals surface area contributed by atoms with Gasteiger partial charge in [-0.2, -0.15) is 0 Å². The second kappa shape index (κ2) is 77.3. The van der Waals surface area contributed by atoms with Crippen LogP contribution in [0.5, 0.6) is 0 Å². The number of amides is 4. The molecule has 17 heteroatoms. The monoisotopic (exact) mass is 1850 g/mol. The highest BCUT2D eigenvalue weighted by molar-refractivity contribution is 5.78. The number of carbonyl (C=O) groups is 4. The molecule has 4 aliphatic rings. The number of aliphatic hydroxyl groups excluding tert-OH is 3. The van der Waals surface area contributed by atoms with E-state index in [2.05, 4.69) is 277 Å². The molecule has 4 fully saturated rings. The van der Waals surface area contributed by atoms with E-state index in [1.54, 1.807) is 0 Å². The highest BCUT2D eigenvalue weighted by Crippen LogP contribution is 2.24. The summed E-state index contributed by atoms with van der Waals surface area (Å²) in [6, 6.07) is 65.0. The number of carbonyl (C=O) groups excluding carboxylic acids is 4. The Hall–Kier alpha value is -8.81. The molecule has 3 atom stereocenters. The van der Waals surface area contributed by atoms with Gasteiger partial charge in [-0.1, -0.05) is 330 Å². The summed E-state index contributed by atoms with van der Waals surface area (Å²) < 4.78 is 5.16. The highest BCUT2D eigenvalue weighted by Gasteiger charge is 2.22. The lowest BCUT2D eigenvalue weighted by Crippen LogP contribution is -2.46. The molecule has 3 aromatic heterocycles. The molecule has 7 heterocycles. The smallest absolute Gasteiger partial charge is 0.222 e. The Balaban J connectivity index is 0.000000731. The summed E-state index contributed by atoms with van der Waals surface area (Å²) in [5, 5.41) is 35.5. The Kier molecular flexibility index (Phi) is 71.0. The molecule has 5 N–H and O–H groups in total. The summed E-state index contributed by atoms with van der Waals surface area (Å²) >= 11 is 0. The molecular weight excluding hydrogens is 1660 g/mol.